The Labute approximate surface area is 186 Å². The summed E-state index contributed by atoms with van der Waals surface area (Å²) in [5.41, 5.74) is 0.259. The number of piperidine rings is 1. The van der Waals surface area contributed by atoms with Crippen LogP contribution in [0.3, 0.4) is 0 Å². The van der Waals surface area contributed by atoms with E-state index in [0.717, 1.165) is 6.42 Å². The van der Waals surface area contributed by atoms with E-state index in [9.17, 15) is 31.9 Å². The summed E-state index contributed by atoms with van der Waals surface area (Å²) >= 11 is 0. The standard InChI is InChI=1S/C23H21F4N3O3/c1-12-2-7-19(20(31)29-12)30-11-14-8-13(3-5-16(14)21(30)32)10-28-22(33)23(26,27)17-6-4-15(24)9-18(17)25/h3-6,8-9,12,19H,2,7,10-11H2,1H3,(H,28,33)(H,29,31). The van der Waals surface area contributed by atoms with E-state index in [1.165, 1.54) is 17.0 Å². The van der Waals surface area contributed by atoms with Gasteiger partial charge in [0.1, 0.15) is 17.7 Å². The molecule has 3 amide bonds. The second kappa shape index (κ2) is 8.49. The number of rotatable bonds is 5. The average molecular weight is 463 g/mol. The summed E-state index contributed by atoms with van der Waals surface area (Å²) in [4.78, 5) is 38.6. The monoisotopic (exact) mass is 463 g/mol. The van der Waals surface area contributed by atoms with Crippen LogP contribution in [0.5, 0.6) is 0 Å². The van der Waals surface area contributed by atoms with Crippen LogP contribution in [0.1, 0.15) is 46.8 Å². The van der Waals surface area contributed by atoms with E-state index in [1.807, 2.05) is 6.92 Å². The van der Waals surface area contributed by atoms with E-state index in [2.05, 4.69) is 10.6 Å². The number of benzene rings is 2. The molecule has 0 spiro atoms. The van der Waals surface area contributed by atoms with Crippen molar-refractivity contribution in [1.82, 2.24) is 15.5 Å². The van der Waals surface area contributed by atoms with Gasteiger partial charge in [0.2, 0.25) is 5.91 Å². The third-order valence-electron chi connectivity index (χ3n) is 5.95. The highest BCUT2D eigenvalue weighted by Crippen LogP contribution is 2.31. The lowest BCUT2D eigenvalue weighted by Gasteiger charge is -2.33. The molecule has 0 saturated carbocycles. The molecule has 10 heteroatoms. The number of hydrogen-bond donors (Lipinski definition) is 2. The molecule has 2 heterocycles. The first-order chi connectivity index (χ1) is 15.6. The number of nitrogens with one attached hydrogen (secondary N) is 2. The molecule has 2 aliphatic rings. The molecule has 2 atom stereocenters. The highest BCUT2D eigenvalue weighted by molar-refractivity contribution is 6.01. The maximum absolute atomic E-state index is 14.4. The molecule has 174 valence electrons. The van der Waals surface area contributed by atoms with Gasteiger partial charge in [0.25, 0.3) is 11.8 Å². The number of carbonyl (C=O) groups is 3. The van der Waals surface area contributed by atoms with E-state index in [-0.39, 0.29) is 37.0 Å². The van der Waals surface area contributed by atoms with Gasteiger partial charge in [-0.15, -0.1) is 0 Å². The molecule has 0 aromatic heterocycles. The van der Waals surface area contributed by atoms with Crippen molar-refractivity contribution in [2.75, 3.05) is 0 Å². The highest BCUT2D eigenvalue weighted by Gasteiger charge is 2.43. The van der Waals surface area contributed by atoms with Crippen molar-refractivity contribution in [2.45, 2.75) is 50.9 Å². The summed E-state index contributed by atoms with van der Waals surface area (Å²) in [6.07, 6.45) is 1.29. The molecule has 6 nitrogen and oxygen atoms in total. The lowest BCUT2D eigenvalue weighted by atomic mass is 10.00. The van der Waals surface area contributed by atoms with Gasteiger partial charge in [-0.1, -0.05) is 12.1 Å². The zero-order valence-corrected chi connectivity index (χ0v) is 17.6. The normalized spacial score (nSPS) is 20.5. The Hall–Kier alpha value is -3.43. The average Bonchev–Trinajstić information content (AvgIpc) is 3.07. The largest absolute Gasteiger partial charge is 0.352 e. The van der Waals surface area contributed by atoms with E-state index >= 15 is 0 Å². The molecular weight excluding hydrogens is 442 g/mol. The van der Waals surface area contributed by atoms with Crippen molar-refractivity contribution in [3.8, 4) is 0 Å². The SMILES string of the molecule is CC1CCC(N2Cc3cc(CNC(=O)C(F)(F)c4ccc(F)cc4F)ccc3C2=O)C(=O)N1. The summed E-state index contributed by atoms with van der Waals surface area (Å²) in [6, 6.07) is 5.58. The molecule has 2 aliphatic heterocycles. The van der Waals surface area contributed by atoms with Crippen molar-refractivity contribution in [3.05, 3.63) is 70.3 Å². The van der Waals surface area contributed by atoms with Gasteiger partial charge in [-0.3, -0.25) is 14.4 Å². The number of nitrogens with zero attached hydrogens (tertiary/aromatic N) is 1. The van der Waals surface area contributed by atoms with Gasteiger partial charge in [-0.05, 0) is 49.1 Å². The van der Waals surface area contributed by atoms with Gasteiger partial charge in [0, 0.05) is 30.8 Å². The third kappa shape index (κ3) is 4.29. The Kier molecular flexibility index (Phi) is 5.85. The van der Waals surface area contributed by atoms with Crippen LogP contribution in [0, 0.1) is 11.6 Å². The maximum Gasteiger partial charge on any atom is 0.352 e. The Morgan fingerprint density at radius 1 is 1.15 bits per heavy atom. The number of amides is 3. The fourth-order valence-electron chi connectivity index (χ4n) is 4.17. The third-order valence-corrected chi connectivity index (χ3v) is 5.95. The van der Waals surface area contributed by atoms with Gasteiger partial charge < -0.3 is 15.5 Å². The predicted molar refractivity (Wildman–Crippen MR) is 109 cm³/mol. The topological polar surface area (TPSA) is 78.5 Å². The molecule has 2 N–H and O–H groups in total. The van der Waals surface area contributed by atoms with Gasteiger partial charge in [-0.25, -0.2) is 8.78 Å². The maximum atomic E-state index is 14.4. The van der Waals surface area contributed by atoms with Crippen LogP contribution in [0.15, 0.2) is 36.4 Å². The second-order valence-electron chi connectivity index (χ2n) is 8.31. The lowest BCUT2D eigenvalue weighted by Crippen LogP contribution is -2.53. The number of hydrogen-bond acceptors (Lipinski definition) is 3. The van der Waals surface area contributed by atoms with Crippen LogP contribution in [0.25, 0.3) is 0 Å². The molecule has 0 bridgehead atoms. The molecule has 2 aromatic rings. The number of carbonyl (C=O) groups excluding carboxylic acids is 3. The van der Waals surface area contributed by atoms with Crippen LogP contribution in [-0.2, 0) is 28.6 Å². The van der Waals surface area contributed by atoms with Crippen molar-refractivity contribution in [3.63, 3.8) is 0 Å². The summed E-state index contributed by atoms with van der Waals surface area (Å²) in [5.74, 6) is -8.99. The fourth-order valence-corrected chi connectivity index (χ4v) is 4.17. The van der Waals surface area contributed by atoms with E-state index in [1.54, 1.807) is 6.07 Å². The Bertz CT molecular complexity index is 1140. The minimum absolute atomic E-state index is 0.0468. The van der Waals surface area contributed by atoms with Gasteiger partial charge in [-0.2, -0.15) is 8.78 Å². The Balaban J connectivity index is 1.44. The molecule has 4 rings (SSSR count). The molecule has 2 unspecified atom stereocenters. The minimum atomic E-state index is -4.20. The van der Waals surface area contributed by atoms with Gasteiger partial charge in [0.05, 0.1) is 5.56 Å². The van der Waals surface area contributed by atoms with Crippen molar-refractivity contribution < 1.29 is 31.9 Å². The smallest absolute Gasteiger partial charge is 0.352 e. The quantitative estimate of drug-likeness (QED) is 0.670. The molecule has 0 radical (unpaired) electrons. The van der Waals surface area contributed by atoms with Gasteiger partial charge in [0.15, 0.2) is 0 Å². The minimum Gasteiger partial charge on any atom is -0.352 e. The van der Waals surface area contributed by atoms with E-state index in [4.69, 9.17) is 0 Å². The lowest BCUT2D eigenvalue weighted by molar-refractivity contribution is -0.147. The van der Waals surface area contributed by atoms with E-state index in [0.29, 0.717) is 35.2 Å². The predicted octanol–water partition coefficient (Wildman–Crippen LogP) is 3.00. The van der Waals surface area contributed by atoms with Gasteiger partial charge >= 0.3 is 5.92 Å². The van der Waals surface area contributed by atoms with Crippen LogP contribution in [0.2, 0.25) is 0 Å². The van der Waals surface area contributed by atoms with Crippen LogP contribution in [-0.4, -0.2) is 34.7 Å². The Morgan fingerprint density at radius 3 is 2.61 bits per heavy atom. The van der Waals surface area contributed by atoms with Crippen molar-refractivity contribution in [1.29, 1.82) is 0 Å². The van der Waals surface area contributed by atoms with Crippen LogP contribution in [0.4, 0.5) is 17.6 Å². The second-order valence-corrected chi connectivity index (χ2v) is 8.31. The first-order valence-corrected chi connectivity index (χ1v) is 10.4. The molecule has 1 saturated heterocycles. The zero-order valence-electron chi connectivity index (χ0n) is 17.6. The molecule has 0 aliphatic carbocycles. The first-order valence-electron chi connectivity index (χ1n) is 10.4. The van der Waals surface area contributed by atoms with E-state index < -0.39 is 35.1 Å². The zero-order chi connectivity index (χ0) is 23.9. The summed E-state index contributed by atoms with van der Waals surface area (Å²) in [6.45, 7) is 1.79. The summed E-state index contributed by atoms with van der Waals surface area (Å²) in [7, 11) is 0. The number of halogens is 4. The molecule has 33 heavy (non-hydrogen) atoms. The number of fused-ring (bicyclic) bond motifs is 1. The number of alkyl halides is 2. The van der Waals surface area contributed by atoms with Crippen LogP contribution < -0.4 is 10.6 Å². The highest BCUT2D eigenvalue weighted by atomic mass is 19.3. The fraction of sp³-hybridized carbons (Fsp3) is 0.348. The molecular formula is C23H21F4N3O3. The summed E-state index contributed by atoms with van der Waals surface area (Å²) in [5, 5.41) is 4.89. The molecule has 2 aromatic carbocycles. The Morgan fingerprint density at radius 2 is 1.91 bits per heavy atom. The molecule has 1 fully saturated rings. The van der Waals surface area contributed by atoms with Crippen molar-refractivity contribution >= 4 is 17.7 Å². The van der Waals surface area contributed by atoms with Crippen LogP contribution >= 0.6 is 0 Å². The first kappa shape index (κ1) is 22.8. The van der Waals surface area contributed by atoms with Crippen molar-refractivity contribution in [2.24, 2.45) is 0 Å². The summed E-state index contributed by atoms with van der Waals surface area (Å²) < 4.78 is 55.5.